The Morgan fingerprint density at radius 1 is 1.27 bits per heavy atom. The monoisotopic (exact) mass is 301 g/mol. The molecule has 2 amide bonds. The largest absolute Gasteiger partial charge is 0.464 e. The van der Waals surface area contributed by atoms with Crippen LogP contribution in [-0.2, 0) is 19.1 Å². The number of benzene rings is 1. The van der Waals surface area contributed by atoms with Crippen LogP contribution in [0, 0.1) is 19.8 Å². The lowest BCUT2D eigenvalue weighted by Gasteiger charge is -2.18. The first-order valence-corrected chi connectivity index (χ1v) is 6.82. The number of ether oxygens (including phenoxy) is 1. The lowest BCUT2D eigenvalue weighted by Crippen LogP contribution is -2.36. The van der Waals surface area contributed by atoms with Gasteiger partial charge in [0.1, 0.15) is 12.0 Å². The number of rotatable bonds is 2. The van der Waals surface area contributed by atoms with Crippen LogP contribution in [0.25, 0.3) is 0 Å². The van der Waals surface area contributed by atoms with E-state index in [-0.39, 0.29) is 5.71 Å². The van der Waals surface area contributed by atoms with Gasteiger partial charge in [-0.15, -0.1) is 0 Å². The zero-order valence-corrected chi connectivity index (χ0v) is 12.4. The Hall–Kier alpha value is -2.70. The number of anilines is 1. The van der Waals surface area contributed by atoms with Crippen molar-refractivity contribution in [2.24, 2.45) is 11.0 Å². The summed E-state index contributed by atoms with van der Waals surface area (Å²) in [5.74, 6) is -2.51. The fraction of sp³-hybridized carbons (Fsp3) is 0.333. The third-order valence-electron chi connectivity index (χ3n) is 3.92. The van der Waals surface area contributed by atoms with Crippen molar-refractivity contribution in [2.45, 2.75) is 19.9 Å². The van der Waals surface area contributed by atoms with Gasteiger partial charge in [-0.3, -0.25) is 15.0 Å². The second-order valence-corrected chi connectivity index (χ2v) is 5.37. The molecule has 3 rings (SSSR count). The first-order chi connectivity index (χ1) is 10.5. The van der Waals surface area contributed by atoms with Crippen LogP contribution in [0.1, 0.15) is 11.1 Å². The third kappa shape index (κ3) is 1.89. The van der Waals surface area contributed by atoms with Crippen molar-refractivity contribution in [1.82, 2.24) is 5.43 Å². The van der Waals surface area contributed by atoms with E-state index in [1.807, 2.05) is 26.0 Å². The van der Waals surface area contributed by atoms with Crippen molar-refractivity contribution >= 4 is 29.2 Å². The number of hydrazone groups is 1. The Balaban J connectivity index is 2.02. The first-order valence-electron chi connectivity index (χ1n) is 6.82. The van der Waals surface area contributed by atoms with Crippen LogP contribution in [0.2, 0.25) is 0 Å². The van der Waals surface area contributed by atoms with Gasteiger partial charge < -0.3 is 4.74 Å². The Labute approximate surface area is 126 Å². The van der Waals surface area contributed by atoms with Gasteiger partial charge in [0.05, 0.1) is 12.8 Å². The lowest BCUT2D eigenvalue weighted by atomic mass is 9.99. The average Bonchev–Trinajstić information content (AvgIpc) is 3.03. The minimum absolute atomic E-state index is 0.0568. The van der Waals surface area contributed by atoms with Crippen molar-refractivity contribution in [3.8, 4) is 0 Å². The number of fused-ring (bicyclic) bond motifs is 1. The molecule has 2 atom stereocenters. The first kappa shape index (κ1) is 14.2. The summed E-state index contributed by atoms with van der Waals surface area (Å²) in [7, 11) is 1.21. The SMILES string of the molecule is COC(=O)C1=NN[C@@H]2C(=O)N(c3cc(C)ccc3C)C(=O)[C@@H]12. The van der Waals surface area contributed by atoms with Gasteiger partial charge >= 0.3 is 5.97 Å². The molecule has 2 heterocycles. The third-order valence-corrected chi connectivity index (χ3v) is 3.92. The fourth-order valence-electron chi connectivity index (χ4n) is 2.76. The molecule has 2 aliphatic rings. The van der Waals surface area contributed by atoms with Gasteiger partial charge in [0, 0.05) is 0 Å². The van der Waals surface area contributed by atoms with Gasteiger partial charge in [-0.1, -0.05) is 12.1 Å². The molecule has 1 aromatic rings. The maximum Gasteiger partial charge on any atom is 0.355 e. The summed E-state index contributed by atoms with van der Waals surface area (Å²) in [5.41, 5.74) is 4.80. The summed E-state index contributed by atoms with van der Waals surface area (Å²) >= 11 is 0. The van der Waals surface area contributed by atoms with E-state index < -0.39 is 29.7 Å². The van der Waals surface area contributed by atoms with Gasteiger partial charge in [0.15, 0.2) is 5.71 Å². The maximum absolute atomic E-state index is 12.7. The number of esters is 1. The van der Waals surface area contributed by atoms with Crippen LogP contribution < -0.4 is 10.3 Å². The number of methoxy groups -OCH3 is 1. The van der Waals surface area contributed by atoms with E-state index in [1.54, 1.807) is 6.07 Å². The number of nitrogens with zero attached hydrogens (tertiary/aromatic N) is 2. The minimum Gasteiger partial charge on any atom is -0.464 e. The van der Waals surface area contributed by atoms with E-state index in [9.17, 15) is 14.4 Å². The van der Waals surface area contributed by atoms with Crippen LogP contribution in [0.15, 0.2) is 23.3 Å². The predicted molar refractivity (Wildman–Crippen MR) is 78.3 cm³/mol. The molecule has 114 valence electrons. The van der Waals surface area contributed by atoms with E-state index in [0.717, 1.165) is 16.0 Å². The molecule has 0 bridgehead atoms. The molecule has 0 unspecified atom stereocenters. The number of carbonyl (C=O) groups is 3. The molecule has 0 spiro atoms. The van der Waals surface area contributed by atoms with Crippen molar-refractivity contribution < 1.29 is 19.1 Å². The molecular weight excluding hydrogens is 286 g/mol. The summed E-state index contributed by atoms with van der Waals surface area (Å²) in [4.78, 5) is 38.0. The molecule has 0 aliphatic carbocycles. The zero-order valence-electron chi connectivity index (χ0n) is 12.4. The predicted octanol–water partition coefficient (Wildman–Crippen LogP) is 0.294. The number of hydrogen-bond acceptors (Lipinski definition) is 6. The highest BCUT2D eigenvalue weighted by atomic mass is 16.5. The molecule has 1 aromatic carbocycles. The highest BCUT2D eigenvalue weighted by Crippen LogP contribution is 2.32. The number of amides is 2. The number of nitrogens with one attached hydrogen (secondary N) is 1. The molecule has 0 saturated carbocycles. The minimum atomic E-state index is -0.931. The number of carbonyl (C=O) groups excluding carboxylic acids is 3. The second-order valence-electron chi connectivity index (χ2n) is 5.37. The molecule has 7 nitrogen and oxygen atoms in total. The van der Waals surface area contributed by atoms with Crippen LogP contribution in [-0.4, -0.2) is 36.6 Å². The van der Waals surface area contributed by atoms with Crippen LogP contribution in [0.4, 0.5) is 5.69 Å². The molecule has 1 fully saturated rings. The van der Waals surface area contributed by atoms with Gasteiger partial charge in [-0.05, 0) is 31.0 Å². The maximum atomic E-state index is 12.7. The Morgan fingerprint density at radius 3 is 2.68 bits per heavy atom. The van der Waals surface area contributed by atoms with E-state index in [1.165, 1.54) is 7.11 Å². The quantitative estimate of drug-likeness (QED) is 0.627. The standard InChI is InChI=1S/C15H15N3O4/c1-7-4-5-8(2)9(6-7)18-13(19)10-11(14(18)20)16-17-12(10)15(21)22-3/h4-6,10-11,16H,1-3H3/t10-,11+/m1/s1. The molecule has 0 aromatic heterocycles. The second kappa shape index (κ2) is 4.94. The molecule has 2 aliphatic heterocycles. The molecule has 22 heavy (non-hydrogen) atoms. The van der Waals surface area contributed by atoms with E-state index in [0.29, 0.717) is 5.69 Å². The molecule has 0 radical (unpaired) electrons. The molecule has 7 heteroatoms. The van der Waals surface area contributed by atoms with Gasteiger partial charge in [-0.25, -0.2) is 9.69 Å². The highest BCUT2D eigenvalue weighted by molar-refractivity contribution is 6.46. The van der Waals surface area contributed by atoms with Crippen LogP contribution >= 0.6 is 0 Å². The van der Waals surface area contributed by atoms with Crippen LogP contribution in [0.5, 0.6) is 0 Å². The topological polar surface area (TPSA) is 88.1 Å². The van der Waals surface area contributed by atoms with Crippen molar-refractivity contribution in [2.75, 3.05) is 12.0 Å². The zero-order chi connectivity index (χ0) is 16.0. The average molecular weight is 301 g/mol. The molecular formula is C15H15N3O4. The van der Waals surface area contributed by atoms with Gasteiger partial charge in [0.2, 0.25) is 5.91 Å². The smallest absolute Gasteiger partial charge is 0.355 e. The molecule has 1 saturated heterocycles. The Kier molecular flexibility index (Phi) is 3.20. The van der Waals surface area contributed by atoms with Gasteiger partial charge in [-0.2, -0.15) is 5.10 Å². The number of aryl methyl sites for hydroxylation is 2. The van der Waals surface area contributed by atoms with Gasteiger partial charge in [0.25, 0.3) is 5.91 Å². The summed E-state index contributed by atoms with van der Waals surface area (Å²) in [6.07, 6.45) is 0. The Morgan fingerprint density at radius 2 is 2.00 bits per heavy atom. The summed E-state index contributed by atoms with van der Waals surface area (Å²) in [6.45, 7) is 3.71. The van der Waals surface area contributed by atoms with Crippen molar-refractivity contribution in [3.05, 3.63) is 29.3 Å². The fourth-order valence-corrected chi connectivity index (χ4v) is 2.76. The van der Waals surface area contributed by atoms with Crippen LogP contribution in [0.3, 0.4) is 0 Å². The Bertz CT molecular complexity index is 725. The normalized spacial score (nSPS) is 23.2. The lowest BCUT2D eigenvalue weighted by molar-refractivity contribution is -0.133. The van der Waals surface area contributed by atoms with E-state index >= 15 is 0 Å². The number of hydrogen-bond donors (Lipinski definition) is 1. The van der Waals surface area contributed by atoms with E-state index in [4.69, 9.17) is 0 Å². The highest BCUT2D eigenvalue weighted by Gasteiger charge is 2.55. The number of imide groups is 1. The summed E-state index contributed by atoms with van der Waals surface area (Å²) in [6, 6.07) is 4.69. The summed E-state index contributed by atoms with van der Waals surface area (Å²) < 4.78 is 4.62. The van der Waals surface area contributed by atoms with E-state index in [2.05, 4.69) is 15.3 Å². The summed E-state index contributed by atoms with van der Waals surface area (Å²) in [5, 5.41) is 3.78. The molecule has 1 N–H and O–H groups in total. The van der Waals surface area contributed by atoms with Crippen molar-refractivity contribution in [3.63, 3.8) is 0 Å². The van der Waals surface area contributed by atoms with Crippen molar-refractivity contribution in [1.29, 1.82) is 0 Å².